The standard InChI is InChI=1S/C17H28N2/c1-4-9-18-11-15-5-7-16(8-6-15)12-19(3)13-17-10-14(17)2/h5-8,14,17-18H,4,9-13H2,1-3H3. The minimum Gasteiger partial charge on any atom is -0.313 e. The highest BCUT2D eigenvalue weighted by atomic mass is 15.1. The van der Waals surface area contributed by atoms with E-state index in [1.165, 1.54) is 30.5 Å². The van der Waals surface area contributed by atoms with Crippen LogP contribution < -0.4 is 5.32 Å². The van der Waals surface area contributed by atoms with Crippen LogP contribution in [0.5, 0.6) is 0 Å². The summed E-state index contributed by atoms with van der Waals surface area (Å²) in [6, 6.07) is 9.06. The molecule has 0 aliphatic heterocycles. The molecule has 0 radical (unpaired) electrons. The van der Waals surface area contributed by atoms with Crippen molar-refractivity contribution in [2.24, 2.45) is 11.8 Å². The van der Waals surface area contributed by atoms with Crippen LogP contribution in [0.4, 0.5) is 0 Å². The Morgan fingerprint density at radius 1 is 1.21 bits per heavy atom. The van der Waals surface area contributed by atoms with Crippen molar-refractivity contribution in [3.63, 3.8) is 0 Å². The smallest absolute Gasteiger partial charge is 0.0230 e. The van der Waals surface area contributed by atoms with E-state index in [9.17, 15) is 0 Å². The van der Waals surface area contributed by atoms with Gasteiger partial charge in [-0.05, 0) is 49.4 Å². The van der Waals surface area contributed by atoms with Gasteiger partial charge in [-0.25, -0.2) is 0 Å². The molecule has 1 aromatic rings. The van der Waals surface area contributed by atoms with Crippen LogP contribution in [0.15, 0.2) is 24.3 Å². The summed E-state index contributed by atoms with van der Waals surface area (Å²) >= 11 is 0. The molecule has 2 rings (SSSR count). The van der Waals surface area contributed by atoms with Crippen molar-refractivity contribution in [1.82, 2.24) is 10.2 Å². The highest BCUT2D eigenvalue weighted by Gasteiger charge is 2.32. The van der Waals surface area contributed by atoms with Crippen LogP contribution in [0.25, 0.3) is 0 Å². The molecule has 2 heteroatoms. The summed E-state index contributed by atoms with van der Waals surface area (Å²) in [5.74, 6) is 1.90. The van der Waals surface area contributed by atoms with Crippen LogP contribution in [0.1, 0.15) is 37.8 Å². The molecule has 0 saturated heterocycles. The van der Waals surface area contributed by atoms with E-state index in [0.29, 0.717) is 0 Å². The number of benzene rings is 1. The fraction of sp³-hybridized carbons (Fsp3) is 0.647. The summed E-state index contributed by atoms with van der Waals surface area (Å²) in [4.78, 5) is 2.46. The SMILES string of the molecule is CCCNCc1ccc(CN(C)CC2CC2C)cc1. The second kappa shape index (κ2) is 7.06. The molecule has 2 unspecified atom stereocenters. The van der Waals surface area contributed by atoms with E-state index in [-0.39, 0.29) is 0 Å². The van der Waals surface area contributed by atoms with Crippen molar-refractivity contribution in [3.05, 3.63) is 35.4 Å². The maximum absolute atomic E-state index is 3.44. The first-order valence-corrected chi connectivity index (χ1v) is 7.66. The quantitative estimate of drug-likeness (QED) is 0.722. The molecule has 1 aromatic carbocycles. The van der Waals surface area contributed by atoms with Gasteiger partial charge in [-0.3, -0.25) is 0 Å². The first-order valence-electron chi connectivity index (χ1n) is 7.66. The van der Waals surface area contributed by atoms with Gasteiger partial charge in [-0.2, -0.15) is 0 Å². The number of nitrogens with zero attached hydrogens (tertiary/aromatic N) is 1. The van der Waals surface area contributed by atoms with Crippen LogP contribution in [-0.4, -0.2) is 25.0 Å². The highest BCUT2D eigenvalue weighted by molar-refractivity contribution is 5.22. The van der Waals surface area contributed by atoms with Gasteiger partial charge in [0, 0.05) is 19.6 Å². The van der Waals surface area contributed by atoms with Gasteiger partial charge in [0.1, 0.15) is 0 Å². The summed E-state index contributed by atoms with van der Waals surface area (Å²) < 4.78 is 0. The molecule has 0 aromatic heterocycles. The van der Waals surface area contributed by atoms with Crippen LogP contribution >= 0.6 is 0 Å². The molecule has 0 heterocycles. The zero-order chi connectivity index (χ0) is 13.7. The number of hydrogen-bond donors (Lipinski definition) is 1. The molecule has 2 atom stereocenters. The number of hydrogen-bond acceptors (Lipinski definition) is 2. The Kier molecular flexibility index (Phi) is 5.41. The van der Waals surface area contributed by atoms with Crippen LogP contribution in [0, 0.1) is 11.8 Å². The third-order valence-corrected chi connectivity index (χ3v) is 4.05. The molecule has 19 heavy (non-hydrogen) atoms. The average molecular weight is 260 g/mol. The predicted octanol–water partition coefficient (Wildman–Crippen LogP) is 3.27. The molecule has 1 aliphatic carbocycles. The molecule has 1 N–H and O–H groups in total. The van der Waals surface area contributed by atoms with E-state index in [0.717, 1.165) is 31.5 Å². The topological polar surface area (TPSA) is 15.3 Å². The van der Waals surface area contributed by atoms with Crippen molar-refractivity contribution in [2.75, 3.05) is 20.1 Å². The largest absolute Gasteiger partial charge is 0.313 e. The predicted molar refractivity (Wildman–Crippen MR) is 82.0 cm³/mol. The van der Waals surface area contributed by atoms with Crippen molar-refractivity contribution >= 4 is 0 Å². The molecule has 0 bridgehead atoms. The Bertz CT molecular complexity index is 371. The van der Waals surface area contributed by atoms with E-state index < -0.39 is 0 Å². The van der Waals surface area contributed by atoms with Crippen LogP contribution in [0.3, 0.4) is 0 Å². The molecular weight excluding hydrogens is 232 g/mol. The van der Waals surface area contributed by atoms with Crippen molar-refractivity contribution < 1.29 is 0 Å². The van der Waals surface area contributed by atoms with Gasteiger partial charge in [-0.1, -0.05) is 38.1 Å². The first-order chi connectivity index (χ1) is 9.19. The summed E-state index contributed by atoms with van der Waals surface area (Å²) in [5, 5.41) is 3.44. The molecule has 0 spiro atoms. The Morgan fingerprint density at radius 3 is 2.42 bits per heavy atom. The van der Waals surface area contributed by atoms with Gasteiger partial charge in [0.2, 0.25) is 0 Å². The fourth-order valence-electron chi connectivity index (χ4n) is 2.60. The van der Waals surface area contributed by atoms with Crippen molar-refractivity contribution in [2.45, 2.75) is 39.8 Å². The number of nitrogens with one attached hydrogen (secondary N) is 1. The van der Waals surface area contributed by atoms with E-state index in [1.807, 2.05) is 0 Å². The normalized spacial score (nSPS) is 21.9. The second-order valence-corrected chi connectivity index (χ2v) is 6.16. The zero-order valence-corrected chi connectivity index (χ0v) is 12.7. The van der Waals surface area contributed by atoms with Gasteiger partial charge in [0.25, 0.3) is 0 Å². The Morgan fingerprint density at radius 2 is 1.84 bits per heavy atom. The molecule has 106 valence electrons. The third kappa shape index (κ3) is 4.96. The molecule has 0 amide bonds. The van der Waals surface area contributed by atoms with Gasteiger partial charge in [-0.15, -0.1) is 0 Å². The Balaban J connectivity index is 1.74. The fourth-order valence-corrected chi connectivity index (χ4v) is 2.60. The third-order valence-electron chi connectivity index (χ3n) is 4.05. The van der Waals surface area contributed by atoms with Crippen molar-refractivity contribution in [1.29, 1.82) is 0 Å². The van der Waals surface area contributed by atoms with Gasteiger partial charge >= 0.3 is 0 Å². The summed E-state index contributed by atoms with van der Waals surface area (Å²) in [6.07, 6.45) is 2.62. The maximum Gasteiger partial charge on any atom is 0.0230 e. The molecule has 1 fully saturated rings. The Hall–Kier alpha value is -0.860. The van der Waals surface area contributed by atoms with E-state index in [2.05, 4.69) is 55.4 Å². The Labute approximate surface area is 118 Å². The van der Waals surface area contributed by atoms with Crippen molar-refractivity contribution in [3.8, 4) is 0 Å². The first kappa shape index (κ1) is 14.5. The maximum atomic E-state index is 3.44. The summed E-state index contributed by atoms with van der Waals surface area (Å²) in [7, 11) is 2.24. The van der Waals surface area contributed by atoms with Crippen LogP contribution in [-0.2, 0) is 13.1 Å². The molecular formula is C17H28N2. The monoisotopic (exact) mass is 260 g/mol. The summed E-state index contributed by atoms with van der Waals surface area (Å²) in [6.45, 7) is 8.98. The van der Waals surface area contributed by atoms with Gasteiger partial charge in [0.15, 0.2) is 0 Å². The lowest BCUT2D eigenvalue weighted by molar-refractivity contribution is 0.307. The average Bonchev–Trinajstić information content (AvgIpc) is 3.07. The second-order valence-electron chi connectivity index (χ2n) is 6.16. The lowest BCUT2D eigenvalue weighted by Gasteiger charge is -2.16. The molecule has 1 aliphatic rings. The minimum atomic E-state index is 0.947. The number of rotatable bonds is 8. The molecule has 1 saturated carbocycles. The van der Waals surface area contributed by atoms with Crippen LogP contribution in [0.2, 0.25) is 0 Å². The molecule has 2 nitrogen and oxygen atoms in total. The van der Waals surface area contributed by atoms with E-state index in [1.54, 1.807) is 0 Å². The lowest BCUT2D eigenvalue weighted by atomic mass is 10.1. The summed E-state index contributed by atoms with van der Waals surface area (Å²) in [5.41, 5.74) is 2.81. The highest BCUT2D eigenvalue weighted by Crippen LogP contribution is 2.38. The van der Waals surface area contributed by atoms with Gasteiger partial charge in [0.05, 0.1) is 0 Å². The zero-order valence-electron chi connectivity index (χ0n) is 12.7. The van der Waals surface area contributed by atoms with E-state index >= 15 is 0 Å². The lowest BCUT2D eigenvalue weighted by Crippen LogP contribution is -2.21. The van der Waals surface area contributed by atoms with Gasteiger partial charge < -0.3 is 10.2 Å². The minimum absolute atomic E-state index is 0.947. The van der Waals surface area contributed by atoms with E-state index in [4.69, 9.17) is 0 Å².